The molecule has 1 atom stereocenters. The fourth-order valence-corrected chi connectivity index (χ4v) is 2.30. The smallest absolute Gasteiger partial charge is 0.191 e. The highest BCUT2D eigenvalue weighted by Gasteiger charge is 2.06. The van der Waals surface area contributed by atoms with E-state index in [0.29, 0.717) is 5.92 Å². The summed E-state index contributed by atoms with van der Waals surface area (Å²) in [5.74, 6) is 3.38. The number of methoxy groups -OCH3 is 1. The molecular formula is C16H28IN3OS. The van der Waals surface area contributed by atoms with Crippen LogP contribution in [-0.2, 0) is 0 Å². The van der Waals surface area contributed by atoms with Gasteiger partial charge in [-0.25, -0.2) is 0 Å². The summed E-state index contributed by atoms with van der Waals surface area (Å²) in [4.78, 5) is 4.22. The number of hydrogen-bond donors (Lipinski definition) is 2. The van der Waals surface area contributed by atoms with Crippen molar-refractivity contribution in [3.8, 4) is 5.75 Å². The number of benzene rings is 1. The van der Waals surface area contributed by atoms with Crippen LogP contribution in [-0.4, -0.2) is 45.2 Å². The second kappa shape index (κ2) is 12.9. The molecule has 0 saturated carbocycles. The number of hydrogen-bond acceptors (Lipinski definition) is 3. The Morgan fingerprint density at radius 1 is 1.23 bits per heavy atom. The first-order chi connectivity index (χ1) is 10.2. The molecule has 0 aliphatic heterocycles. The minimum Gasteiger partial charge on any atom is -0.497 e. The molecule has 0 aliphatic carbocycles. The monoisotopic (exact) mass is 437 g/mol. The molecule has 0 heterocycles. The van der Waals surface area contributed by atoms with E-state index >= 15 is 0 Å². The molecule has 1 unspecified atom stereocenters. The first-order valence-electron chi connectivity index (χ1n) is 7.28. The van der Waals surface area contributed by atoms with E-state index in [1.807, 2.05) is 23.9 Å². The largest absolute Gasteiger partial charge is 0.497 e. The van der Waals surface area contributed by atoms with Gasteiger partial charge in [0.25, 0.3) is 0 Å². The highest BCUT2D eigenvalue weighted by molar-refractivity contribution is 14.0. The van der Waals surface area contributed by atoms with Crippen LogP contribution in [0.1, 0.15) is 24.8 Å². The minimum absolute atomic E-state index is 0. The molecule has 4 nitrogen and oxygen atoms in total. The molecule has 2 N–H and O–H groups in total. The van der Waals surface area contributed by atoms with Gasteiger partial charge in [0.2, 0.25) is 0 Å². The van der Waals surface area contributed by atoms with Gasteiger partial charge < -0.3 is 15.4 Å². The van der Waals surface area contributed by atoms with Crippen LogP contribution < -0.4 is 15.4 Å². The van der Waals surface area contributed by atoms with Crippen molar-refractivity contribution < 1.29 is 4.74 Å². The lowest BCUT2D eigenvalue weighted by Crippen LogP contribution is -2.39. The van der Waals surface area contributed by atoms with Crippen molar-refractivity contribution in [2.75, 3.05) is 39.3 Å². The zero-order chi connectivity index (χ0) is 15.5. The summed E-state index contributed by atoms with van der Waals surface area (Å²) < 4.78 is 5.18. The highest BCUT2D eigenvalue weighted by Crippen LogP contribution is 2.21. The third-order valence-electron chi connectivity index (χ3n) is 3.38. The second-order valence-corrected chi connectivity index (χ2v) is 5.87. The van der Waals surface area contributed by atoms with Gasteiger partial charge in [-0.2, -0.15) is 11.8 Å². The Labute approximate surface area is 155 Å². The highest BCUT2D eigenvalue weighted by atomic mass is 127. The normalized spacial score (nSPS) is 12.3. The summed E-state index contributed by atoms with van der Waals surface area (Å²) >= 11 is 1.83. The number of nitrogens with zero attached hydrogens (tertiary/aromatic N) is 1. The SMILES string of the molecule is CN=C(NCCSC)NCCC(C)c1ccc(OC)cc1.I. The Morgan fingerprint density at radius 3 is 2.41 bits per heavy atom. The zero-order valence-electron chi connectivity index (χ0n) is 13.9. The number of ether oxygens (including phenoxy) is 1. The molecular weight excluding hydrogens is 409 g/mol. The van der Waals surface area contributed by atoms with E-state index in [9.17, 15) is 0 Å². The van der Waals surface area contributed by atoms with Crippen LogP contribution in [0.3, 0.4) is 0 Å². The lowest BCUT2D eigenvalue weighted by Gasteiger charge is -2.15. The molecule has 0 saturated heterocycles. The Bertz CT molecular complexity index is 426. The zero-order valence-corrected chi connectivity index (χ0v) is 17.0. The Hall–Kier alpha value is -0.630. The lowest BCUT2D eigenvalue weighted by molar-refractivity contribution is 0.414. The summed E-state index contributed by atoms with van der Waals surface area (Å²) in [6.45, 7) is 4.09. The summed E-state index contributed by atoms with van der Waals surface area (Å²) in [5.41, 5.74) is 1.34. The maximum atomic E-state index is 5.18. The standard InChI is InChI=1S/C16H27N3OS.HI/c1-13(14-5-7-15(20-3)8-6-14)9-10-18-16(17-2)19-11-12-21-4;/h5-8,13H,9-12H2,1-4H3,(H2,17,18,19);1H. The van der Waals surface area contributed by atoms with Gasteiger partial charge in [0.05, 0.1) is 7.11 Å². The molecule has 1 aromatic rings. The predicted octanol–water partition coefficient (Wildman–Crippen LogP) is 3.33. The van der Waals surface area contributed by atoms with Crippen molar-refractivity contribution in [2.45, 2.75) is 19.3 Å². The van der Waals surface area contributed by atoms with E-state index < -0.39 is 0 Å². The quantitative estimate of drug-likeness (QED) is 0.284. The molecule has 22 heavy (non-hydrogen) atoms. The molecule has 0 radical (unpaired) electrons. The predicted molar refractivity (Wildman–Crippen MR) is 109 cm³/mol. The van der Waals surface area contributed by atoms with Crippen LogP contribution in [0, 0.1) is 0 Å². The van der Waals surface area contributed by atoms with Crippen molar-refractivity contribution in [3.63, 3.8) is 0 Å². The van der Waals surface area contributed by atoms with Gasteiger partial charge in [-0.05, 0) is 36.3 Å². The van der Waals surface area contributed by atoms with E-state index in [2.05, 4.69) is 40.9 Å². The maximum absolute atomic E-state index is 5.18. The van der Waals surface area contributed by atoms with Gasteiger partial charge in [0.15, 0.2) is 5.96 Å². The van der Waals surface area contributed by atoms with Gasteiger partial charge in [-0.1, -0.05) is 19.1 Å². The molecule has 0 aromatic heterocycles. The van der Waals surface area contributed by atoms with E-state index in [1.54, 1.807) is 14.2 Å². The Morgan fingerprint density at radius 2 is 1.86 bits per heavy atom. The lowest BCUT2D eigenvalue weighted by atomic mass is 9.98. The molecule has 1 aromatic carbocycles. The second-order valence-electron chi connectivity index (χ2n) is 4.88. The van der Waals surface area contributed by atoms with E-state index in [1.165, 1.54) is 5.56 Å². The molecule has 1 rings (SSSR count). The first-order valence-corrected chi connectivity index (χ1v) is 8.68. The average molecular weight is 437 g/mol. The number of guanidine groups is 1. The molecule has 0 amide bonds. The minimum atomic E-state index is 0. The van der Waals surface area contributed by atoms with Crippen molar-refractivity contribution in [1.29, 1.82) is 0 Å². The Kier molecular flexibility index (Phi) is 12.5. The van der Waals surface area contributed by atoms with E-state index in [-0.39, 0.29) is 24.0 Å². The Balaban J connectivity index is 0.00000441. The van der Waals surface area contributed by atoms with Gasteiger partial charge in [0.1, 0.15) is 5.75 Å². The third-order valence-corrected chi connectivity index (χ3v) is 3.99. The summed E-state index contributed by atoms with van der Waals surface area (Å²) in [7, 11) is 3.50. The van der Waals surface area contributed by atoms with Crippen LogP contribution in [0.5, 0.6) is 5.75 Å². The number of halogens is 1. The number of nitrogens with one attached hydrogen (secondary N) is 2. The van der Waals surface area contributed by atoms with Gasteiger partial charge in [0, 0.05) is 25.9 Å². The average Bonchev–Trinajstić information content (AvgIpc) is 2.53. The molecule has 126 valence electrons. The van der Waals surface area contributed by atoms with E-state index in [4.69, 9.17) is 4.74 Å². The van der Waals surface area contributed by atoms with Crippen LogP contribution in [0.4, 0.5) is 0 Å². The van der Waals surface area contributed by atoms with Crippen molar-refractivity contribution in [3.05, 3.63) is 29.8 Å². The van der Waals surface area contributed by atoms with Crippen molar-refractivity contribution >= 4 is 41.7 Å². The van der Waals surface area contributed by atoms with Crippen LogP contribution in [0.25, 0.3) is 0 Å². The summed E-state index contributed by atoms with van der Waals surface area (Å²) in [6, 6.07) is 8.30. The third kappa shape index (κ3) is 8.12. The van der Waals surface area contributed by atoms with Crippen molar-refractivity contribution in [1.82, 2.24) is 10.6 Å². The number of aliphatic imine (C=N–C) groups is 1. The van der Waals surface area contributed by atoms with Crippen LogP contribution in [0.2, 0.25) is 0 Å². The van der Waals surface area contributed by atoms with Gasteiger partial charge in [-0.15, -0.1) is 24.0 Å². The summed E-state index contributed by atoms with van der Waals surface area (Å²) in [6.07, 6.45) is 3.17. The first kappa shape index (κ1) is 21.4. The molecule has 0 aliphatic rings. The molecule has 0 spiro atoms. The molecule has 0 bridgehead atoms. The van der Waals surface area contributed by atoms with E-state index in [0.717, 1.165) is 37.0 Å². The van der Waals surface area contributed by atoms with Gasteiger partial charge >= 0.3 is 0 Å². The topological polar surface area (TPSA) is 45.7 Å². The molecule has 6 heteroatoms. The fourth-order valence-electron chi connectivity index (χ4n) is 2.00. The van der Waals surface area contributed by atoms with Gasteiger partial charge in [-0.3, -0.25) is 4.99 Å². The fraction of sp³-hybridized carbons (Fsp3) is 0.562. The van der Waals surface area contributed by atoms with Crippen molar-refractivity contribution in [2.24, 2.45) is 4.99 Å². The van der Waals surface area contributed by atoms with Crippen LogP contribution in [0.15, 0.2) is 29.3 Å². The number of thioether (sulfide) groups is 1. The maximum Gasteiger partial charge on any atom is 0.191 e. The summed E-state index contributed by atoms with van der Waals surface area (Å²) in [5, 5.41) is 6.66. The van der Waals surface area contributed by atoms with Crippen LogP contribution >= 0.6 is 35.7 Å². The molecule has 0 fully saturated rings. The number of rotatable bonds is 8.